The van der Waals surface area contributed by atoms with E-state index in [1.807, 2.05) is 11.0 Å². The third-order valence-electron chi connectivity index (χ3n) is 5.00. The lowest BCUT2D eigenvalue weighted by Crippen LogP contribution is -2.39. The van der Waals surface area contributed by atoms with Crippen molar-refractivity contribution in [1.29, 1.82) is 0 Å². The first-order valence-electron chi connectivity index (χ1n) is 8.13. The van der Waals surface area contributed by atoms with Crippen LogP contribution in [0.1, 0.15) is 29.8 Å². The molecule has 1 amide bonds. The van der Waals surface area contributed by atoms with Gasteiger partial charge in [0.1, 0.15) is 5.69 Å². The van der Waals surface area contributed by atoms with Crippen molar-refractivity contribution in [2.75, 3.05) is 26.2 Å². The average molecular weight is 352 g/mol. The lowest BCUT2D eigenvalue weighted by molar-refractivity contribution is 0.0738. The number of aromatic nitrogens is 1. The van der Waals surface area contributed by atoms with Gasteiger partial charge >= 0.3 is 0 Å². The van der Waals surface area contributed by atoms with E-state index in [0.717, 1.165) is 37.0 Å². The minimum absolute atomic E-state index is 0.00364. The Labute approximate surface area is 145 Å². The maximum atomic E-state index is 13.0. The number of amides is 1. The largest absolute Gasteiger partial charge is 0.349 e. The highest BCUT2D eigenvalue weighted by molar-refractivity contribution is 6.39. The summed E-state index contributed by atoms with van der Waals surface area (Å²) in [7, 11) is 0. The molecule has 2 aromatic rings. The van der Waals surface area contributed by atoms with Gasteiger partial charge in [-0.2, -0.15) is 0 Å². The predicted molar refractivity (Wildman–Crippen MR) is 93.4 cm³/mol. The van der Waals surface area contributed by atoms with Crippen LogP contribution in [0.2, 0.25) is 10.0 Å². The fourth-order valence-corrected chi connectivity index (χ4v) is 4.28. The third kappa shape index (κ3) is 2.73. The van der Waals surface area contributed by atoms with Gasteiger partial charge in [-0.15, -0.1) is 0 Å². The molecule has 2 fully saturated rings. The fraction of sp³-hybridized carbons (Fsp3) is 0.471. The zero-order valence-corrected chi connectivity index (χ0v) is 14.3. The van der Waals surface area contributed by atoms with Crippen LogP contribution < -0.4 is 0 Å². The Morgan fingerprint density at radius 1 is 1.17 bits per heavy atom. The van der Waals surface area contributed by atoms with E-state index in [1.54, 1.807) is 12.1 Å². The van der Waals surface area contributed by atoms with Crippen LogP contribution in [0.15, 0.2) is 18.2 Å². The Morgan fingerprint density at radius 3 is 2.87 bits per heavy atom. The molecular formula is C17H19Cl2N3O. The molecule has 2 aliphatic rings. The second-order valence-electron chi connectivity index (χ2n) is 6.44. The first kappa shape index (κ1) is 15.3. The number of hydrogen-bond acceptors (Lipinski definition) is 2. The Hall–Kier alpha value is -1.23. The van der Waals surface area contributed by atoms with Crippen LogP contribution >= 0.6 is 23.2 Å². The Balaban J connectivity index is 1.64. The minimum Gasteiger partial charge on any atom is -0.349 e. The van der Waals surface area contributed by atoms with Crippen LogP contribution in [0.3, 0.4) is 0 Å². The van der Waals surface area contributed by atoms with E-state index in [9.17, 15) is 4.79 Å². The number of aromatic amines is 1. The van der Waals surface area contributed by atoms with E-state index >= 15 is 0 Å². The van der Waals surface area contributed by atoms with Crippen molar-refractivity contribution in [2.45, 2.75) is 25.3 Å². The van der Waals surface area contributed by atoms with Gasteiger partial charge in [0.05, 0.1) is 5.02 Å². The monoisotopic (exact) mass is 351 g/mol. The topological polar surface area (TPSA) is 39.3 Å². The summed E-state index contributed by atoms with van der Waals surface area (Å²) in [4.78, 5) is 20.6. The molecule has 122 valence electrons. The van der Waals surface area contributed by atoms with Gasteiger partial charge in [0.2, 0.25) is 0 Å². The summed E-state index contributed by atoms with van der Waals surface area (Å²) in [6.07, 6.45) is 3.43. The number of carbonyl (C=O) groups excluding carboxylic acids is 1. The highest BCUT2D eigenvalue weighted by Crippen LogP contribution is 2.31. The maximum absolute atomic E-state index is 13.0. The van der Waals surface area contributed by atoms with E-state index in [0.29, 0.717) is 21.8 Å². The summed E-state index contributed by atoms with van der Waals surface area (Å²) in [5.74, 6) is -0.00364. The van der Waals surface area contributed by atoms with E-state index in [4.69, 9.17) is 23.2 Å². The number of rotatable bonds is 1. The lowest BCUT2D eigenvalue weighted by Gasteiger charge is -2.25. The lowest BCUT2D eigenvalue weighted by atomic mass is 10.2. The molecule has 1 N–H and O–H groups in total. The minimum atomic E-state index is -0.00364. The standard InChI is InChI=1S/C17H19Cl2N3O/c18-11-4-5-14-13(9-11)15(19)16(20-14)17(23)22-8-2-7-21-6-1-3-12(21)10-22/h4-5,9,12,20H,1-3,6-8,10H2. The van der Waals surface area contributed by atoms with Crippen molar-refractivity contribution >= 4 is 40.0 Å². The molecule has 0 aliphatic carbocycles. The van der Waals surface area contributed by atoms with Crippen LogP contribution in [0, 0.1) is 0 Å². The van der Waals surface area contributed by atoms with Gasteiger partial charge in [-0.25, -0.2) is 0 Å². The van der Waals surface area contributed by atoms with Gasteiger partial charge in [-0.05, 0) is 44.0 Å². The number of fused-ring (bicyclic) bond motifs is 2. The molecule has 4 rings (SSSR count). The highest BCUT2D eigenvalue weighted by atomic mass is 35.5. The van der Waals surface area contributed by atoms with Gasteiger partial charge in [-0.1, -0.05) is 23.2 Å². The van der Waals surface area contributed by atoms with Crippen LogP contribution in [-0.4, -0.2) is 52.9 Å². The molecule has 4 nitrogen and oxygen atoms in total. The molecule has 0 radical (unpaired) electrons. The fourth-order valence-electron chi connectivity index (χ4n) is 3.83. The number of hydrogen-bond donors (Lipinski definition) is 1. The van der Waals surface area contributed by atoms with E-state index in [2.05, 4.69) is 9.88 Å². The van der Waals surface area contributed by atoms with Gasteiger partial charge in [-0.3, -0.25) is 9.69 Å². The zero-order chi connectivity index (χ0) is 16.0. The summed E-state index contributed by atoms with van der Waals surface area (Å²) in [5, 5.41) is 1.90. The summed E-state index contributed by atoms with van der Waals surface area (Å²) in [6.45, 7) is 3.84. The van der Waals surface area contributed by atoms with Gasteiger partial charge in [0, 0.05) is 41.6 Å². The quantitative estimate of drug-likeness (QED) is 0.848. The van der Waals surface area contributed by atoms with Crippen molar-refractivity contribution in [2.24, 2.45) is 0 Å². The molecular weight excluding hydrogens is 333 g/mol. The van der Waals surface area contributed by atoms with Gasteiger partial charge in [0.25, 0.3) is 5.91 Å². The van der Waals surface area contributed by atoms with Crippen molar-refractivity contribution in [3.63, 3.8) is 0 Å². The first-order chi connectivity index (χ1) is 11.1. The van der Waals surface area contributed by atoms with Crippen LogP contribution in [0.4, 0.5) is 0 Å². The summed E-state index contributed by atoms with van der Waals surface area (Å²) in [6, 6.07) is 5.96. The van der Waals surface area contributed by atoms with Crippen molar-refractivity contribution in [1.82, 2.24) is 14.8 Å². The van der Waals surface area contributed by atoms with Gasteiger partial charge < -0.3 is 9.88 Å². The maximum Gasteiger partial charge on any atom is 0.271 e. The molecule has 23 heavy (non-hydrogen) atoms. The van der Waals surface area contributed by atoms with Crippen LogP contribution in [0.5, 0.6) is 0 Å². The van der Waals surface area contributed by atoms with Crippen LogP contribution in [0.25, 0.3) is 10.9 Å². The first-order valence-corrected chi connectivity index (χ1v) is 8.89. The molecule has 2 aliphatic heterocycles. The normalized spacial score (nSPS) is 22.3. The number of carbonyl (C=O) groups is 1. The Bertz CT molecular complexity index is 758. The van der Waals surface area contributed by atoms with Gasteiger partial charge in [0.15, 0.2) is 0 Å². The van der Waals surface area contributed by atoms with Crippen molar-refractivity contribution < 1.29 is 4.79 Å². The SMILES string of the molecule is O=C(c1[nH]c2ccc(Cl)cc2c1Cl)N1CCCN2CCCC2C1. The number of halogens is 2. The van der Waals surface area contributed by atoms with E-state index < -0.39 is 0 Å². The third-order valence-corrected chi connectivity index (χ3v) is 5.63. The second kappa shape index (κ2) is 6.00. The molecule has 6 heteroatoms. The molecule has 0 bridgehead atoms. The average Bonchev–Trinajstić information content (AvgIpc) is 3.05. The number of nitrogens with one attached hydrogen (secondary N) is 1. The van der Waals surface area contributed by atoms with E-state index in [-0.39, 0.29) is 5.91 Å². The molecule has 0 spiro atoms. The molecule has 1 aromatic heterocycles. The summed E-state index contributed by atoms with van der Waals surface area (Å²) in [5.41, 5.74) is 1.33. The summed E-state index contributed by atoms with van der Waals surface area (Å²) < 4.78 is 0. The number of H-pyrrole nitrogens is 1. The molecule has 0 saturated carbocycles. The Morgan fingerprint density at radius 2 is 2.00 bits per heavy atom. The summed E-state index contributed by atoms with van der Waals surface area (Å²) >= 11 is 12.5. The molecule has 1 unspecified atom stereocenters. The smallest absolute Gasteiger partial charge is 0.271 e. The second-order valence-corrected chi connectivity index (χ2v) is 7.26. The van der Waals surface area contributed by atoms with Crippen molar-refractivity contribution in [3.05, 3.63) is 33.9 Å². The van der Waals surface area contributed by atoms with Crippen molar-refractivity contribution in [3.8, 4) is 0 Å². The predicted octanol–water partition coefficient (Wildman–Crippen LogP) is 3.79. The Kier molecular flexibility index (Phi) is 4.00. The van der Waals surface area contributed by atoms with E-state index in [1.165, 1.54) is 19.4 Å². The molecule has 1 aromatic carbocycles. The molecule has 2 saturated heterocycles. The molecule has 1 atom stereocenters. The highest BCUT2D eigenvalue weighted by Gasteiger charge is 2.32. The zero-order valence-electron chi connectivity index (χ0n) is 12.8. The van der Waals surface area contributed by atoms with Crippen LogP contribution in [-0.2, 0) is 0 Å². The molecule has 3 heterocycles. The number of benzene rings is 1. The number of nitrogens with zero attached hydrogens (tertiary/aromatic N) is 2.